The van der Waals surface area contributed by atoms with E-state index in [1.165, 1.54) is 0 Å². The number of para-hydroxylation sites is 1. The van der Waals surface area contributed by atoms with Gasteiger partial charge in [0.15, 0.2) is 0 Å². The van der Waals surface area contributed by atoms with Crippen LogP contribution >= 0.6 is 0 Å². The lowest BCUT2D eigenvalue weighted by atomic mass is 9.92. The third kappa shape index (κ3) is 6.07. The number of benzene rings is 1. The second kappa shape index (κ2) is 10.1. The van der Waals surface area contributed by atoms with Crippen LogP contribution in [0.25, 0.3) is 0 Å². The number of carboxylic acids is 1. The van der Waals surface area contributed by atoms with Gasteiger partial charge in [-0.1, -0.05) is 23.4 Å². The minimum Gasteiger partial charge on any atom is -0.475 e. The van der Waals surface area contributed by atoms with Crippen molar-refractivity contribution < 1.29 is 37.1 Å². The molecule has 0 bridgehead atoms. The van der Waals surface area contributed by atoms with Gasteiger partial charge in [-0.3, -0.25) is 9.69 Å². The number of halogens is 3. The van der Waals surface area contributed by atoms with E-state index in [1.54, 1.807) is 0 Å². The van der Waals surface area contributed by atoms with E-state index in [-0.39, 0.29) is 17.9 Å². The highest BCUT2D eigenvalue weighted by Gasteiger charge is 2.40. The molecule has 2 aromatic rings. The maximum atomic E-state index is 13.0. The van der Waals surface area contributed by atoms with Crippen molar-refractivity contribution in [1.29, 1.82) is 0 Å². The molecule has 0 aliphatic carbocycles. The molecule has 2 atom stereocenters. The van der Waals surface area contributed by atoms with Crippen molar-refractivity contribution in [2.24, 2.45) is 5.92 Å². The number of fused-ring (bicyclic) bond motifs is 1. The summed E-state index contributed by atoms with van der Waals surface area (Å²) in [5.41, 5.74) is 1.89. The standard InChI is InChI=1S/C19H23N3O3.C2HF3O2/c1-14-11-15(20-25-14)12-21-8-7-17-18(13-21)24-10-9-22(19(17)23)16-5-3-2-4-6-16;3-2(4,5)1(6)7/h2-6,11,17-18H,7-10,12-13H2,1H3;(H,6,7)/t17-,18+;/m1./s1. The number of aromatic nitrogens is 1. The van der Waals surface area contributed by atoms with E-state index in [9.17, 15) is 18.0 Å². The molecule has 32 heavy (non-hydrogen) atoms. The fourth-order valence-electron chi connectivity index (χ4n) is 3.77. The first-order chi connectivity index (χ1) is 15.1. The van der Waals surface area contributed by atoms with Gasteiger partial charge in [0.25, 0.3) is 0 Å². The first kappa shape index (κ1) is 23.7. The largest absolute Gasteiger partial charge is 0.490 e. The number of likely N-dealkylation sites (tertiary alicyclic amines) is 1. The van der Waals surface area contributed by atoms with Gasteiger partial charge < -0.3 is 19.3 Å². The Labute approximate surface area is 182 Å². The molecule has 2 fully saturated rings. The number of carbonyl (C=O) groups excluding carboxylic acids is 1. The fraction of sp³-hybridized carbons (Fsp3) is 0.476. The number of ether oxygens (including phenoxy) is 1. The van der Waals surface area contributed by atoms with Crippen molar-refractivity contribution in [1.82, 2.24) is 10.1 Å². The number of nitrogens with zero attached hydrogens (tertiary/aromatic N) is 3. The SMILES string of the molecule is Cc1cc(CN2CC[C@H]3C(=O)N(c4ccccc4)CCO[C@H]3C2)no1.O=C(O)C(F)(F)F. The van der Waals surface area contributed by atoms with Crippen LogP contribution in [0, 0.1) is 12.8 Å². The van der Waals surface area contributed by atoms with E-state index in [1.807, 2.05) is 48.2 Å². The summed E-state index contributed by atoms with van der Waals surface area (Å²) in [5.74, 6) is -1.82. The number of carbonyl (C=O) groups is 2. The van der Waals surface area contributed by atoms with E-state index in [0.29, 0.717) is 13.2 Å². The Morgan fingerprint density at radius 2 is 1.94 bits per heavy atom. The molecule has 0 spiro atoms. The van der Waals surface area contributed by atoms with E-state index >= 15 is 0 Å². The molecule has 1 aromatic carbocycles. The number of hydrogen-bond acceptors (Lipinski definition) is 6. The van der Waals surface area contributed by atoms with Crippen LogP contribution in [-0.4, -0.2) is 65.6 Å². The Morgan fingerprint density at radius 3 is 2.53 bits per heavy atom. The molecular formula is C21H24F3N3O5. The minimum absolute atomic E-state index is 0.0528. The molecular weight excluding hydrogens is 431 g/mol. The number of rotatable bonds is 3. The van der Waals surface area contributed by atoms with Crippen LogP contribution in [0.15, 0.2) is 40.9 Å². The molecule has 3 heterocycles. The lowest BCUT2D eigenvalue weighted by Gasteiger charge is -2.36. The maximum absolute atomic E-state index is 13.0. The average Bonchev–Trinajstić information content (AvgIpc) is 3.08. The van der Waals surface area contributed by atoms with Crippen molar-refractivity contribution >= 4 is 17.6 Å². The maximum Gasteiger partial charge on any atom is 0.490 e. The number of anilines is 1. The number of amides is 1. The highest BCUT2D eigenvalue weighted by atomic mass is 19.4. The van der Waals surface area contributed by atoms with Gasteiger partial charge in [-0.05, 0) is 32.0 Å². The van der Waals surface area contributed by atoms with E-state index in [4.69, 9.17) is 19.2 Å². The Hall–Kier alpha value is -2.92. The number of hydrogen-bond donors (Lipinski definition) is 1. The number of alkyl halides is 3. The summed E-state index contributed by atoms with van der Waals surface area (Å²) in [6.07, 6.45) is -4.33. The van der Waals surface area contributed by atoms with Crippen LogP contribution in [0.4, 0.5) is 18.9 Å². The summed E-state index contributed by atoms with van der Waals surface area (Å²) in [6, 6.07) is 11.8. The highest BCUT2D eigenvalue weighted by molar-refractivity contribution is 5.95. The van der Waals surface area contributed by atoms with Crippen LogP contribution < -0.4 is 4.90 Å². The van der Waals surface area contributed by atoms with Gasteiger partial charge in [0.05, 0.1) is 24.3 Å². The monoisotopic (exact) mass is 455 g/mol. The van der Waals surface area contributed by atoms with Crippen LogP contribution in [0.5, 0.6) is 0 Å². The second-order valence-electron chi connectivity index (χ2n) is 7.60. The molecule has 1 aromatic heterocycles. The highest BCUT2D eigenvalue weighted by Crippen LogP contribution is 2.28. The van der Waals surface area contributed by atoms with Crippen LogP contribution in [0.2, 0.25) is 0 Å². The minimum atomic E-state index is -5.08. The van der Waals surface area contributed by atoms with Gasteiger partial charge in [-0.2, -0.15) is 13.2 Å². The van der Waals surface area contributed by atoms with Crippen molar-refractivity contribution in [2.75, 3.05) is 31.1 Å². The Kier molecular flexibility index (Phi) is 7.52. The quantitative estimate of drug-likeness (QED) is 0.760. The third-order valence-corrected chi connectivity index (χ3v) is 5.25. The molecule has 2 aliphatic heterocycles. The molecule has 1 N–H and O–H groups in total. The summed E-state index contributed by atoms with van der Waals surface area (Å²) in [4.78, 5) is 26.1. The molecule has 174 valence electrons. The third-order valence-electron chi connectivity index (χ3n) is 5.25. The average molecular weight is 455 g/mol. The molecule has 0 radical (unpaired) electrons. The zero-order valence-corrected chi connectivity index (χ0v) is 17.4. The van der Waals surface area contributed by atoms with Crippen LogP contribution in [-0.2, 0) is 20.9 Å². The van der Waals surface area contributed by atoms with Crippen LogP contribution in [0.1, 0.15) is 17.9 Å². The molecule has 2 saturated heterocycles. The van der Waals surface area contributed by atoms with Gasteiger partial charge in [0, 0.05) is 31.4 Å². The number of piperidine rings is 1. The zero-order chi connectivity index (χ0) is 23.3. The summed E-state index contributed by atoms with van der Waals surface area (Å²) < 4.78 is 42.9. The molecule has 1 amide bonds. The van der Waals surface area contributed by atoms with Gasteiger partial charge in [-0.25, -0.2) is 4.79 Å². The molecule has 8 nitrogen and oxygen atoms in total. The van der Waals surface area contributed by atoms with Gasteiger partial charge in [-0.15, -0.1) is 0 Å². The van der Waals surface area contributed by atoms with Crippen molar-refractivity contribution in [3.05, 3.63) is 47.9 Å². The predicted molar refractivity (Wildman–Crippen MR) is 107 cm³/mol. The number of aryl methyl sites for hydroxylation is 1. The Bertz CT molecular complexity index is 919. The summed E-state index contributed by atoms with van der Waals surface area (Å²) in [5, 5.41) is 11.2. The summed E-state index contributed by atoms with van der Waals surface area (Å²) in [6.45, 7) is 5.43. The molecule has 2 aliphatic rings. The topological polar surface area (TPSA) is 96.1 Å². The molecule has 4 rings (SSSR count). The number of aliphatic carboxylic acids is 1. The van der Waals surface area contributed by atoms with Gasteiger partial charge in [0.2, 0.25) is 5.91 Å². The van der Waals surface area contributed by atoms with Gasteiger partial charge >= 0.3 is 12.1 Å². The van der Waals surface area contributed by atoms with Crippen molar-refractivity contribution in [2.45, 2.75) is 32.2 Å². The Balaban J connectivity index is 0.000000360. The Morgan fingerprint density at radius 1 is 1.25 bits per heavy atom. The van der Waals surface area contributed by atoms with E-state index < -0.39 is 12.1 Å². The first-order valence-corrected chi connectivity index (χ1v) is 10.1. The van der Waals surface area contributed by atoms with E-state index in [0.717, 1.165) is 43.2 Å². The summed E-state index contributed by atoms with van der Waals surface area (Å²) in [7, 11) is 0. The second-order valence-corrected chi connectivity index (χ2v) is 7.60. The van der Waals surface area contributed by atoms with Gasteiger partial charge in [0.1, 0.15) is 5.76 Å². The van der Waals surface area contributed by atoms with Crippen molar-refractivity contribution in [3.8, 4) is 0 Å². The fourth-order valence-corrected chi connectivity index (χ4v) is 3.77. The predicted octanol–water partition coefficient (Wildman–Crippen LogP) is 2.87. The molecule has 0 saturated carbocycles. The van der Waals surface area contributed by atoms with Crippen LogP contribution in [0.3, 0.4) is 0 Å². The van der Waals surface area contributed by atoms with E-state index in [2.05, 4.69) is 10.1 Å². The zero-order valence-electron chi connectivity index (χ0n) is 17.4. The normalized spacial score (nSPS) is 21.9. The van der Waals surface area contributed by atoms with Crippen molar-refractivity contribution in [3.63, 3.8) is 0 Å². The lowest BCUT2D eigenvalue weighted by molar-refractivity contribution is -0.192. The smallest absolute Gasteiger partial charge is 0.475 e. The summed E-state index contributed by atoms with van der Waals surface area (Å²) >= 11 is 0. The molecule has 11 heteroatoms. The molecule has 0 unspecified atom stereocenters. The lowest BCUT2D eigenvalue weighted by Crippen LogP contribution is -2.49. The number of carboxylic acid groups (broad SMARTS) is 1. The first-order valence-electron chi connectivity index (χ1n) is 10.1.